The fraction of sp³-hybridized carbons (Fsp3) is 0.167. The van der Waals surface area contributed by atoms with Crippen molar-refractivity contribution < 1.29 is 23.1 Å². The highest BCUT2D eigenvalue weighted by Crippen LogP contribution is 2.23. The second-order valence-electron chi connectivity index (χ2n) is 5.36. The molecule has 3 aromatic rings. The van der Waals surface area contributed by atoms with Crippen molar-refractivity contribution in [2.24, 2.45) is 0 Å². The third kappa shape index (κ3) is 3.26. The Morgan fingerprint density at radius 3 is 2.76 bits per heavy atom. The number of fused-ring (bicyclic) bond motifs is 1. The van der Waals surface area contributed by atoms with Crippen molar-refractivity contribution in [2.75, 3.05) is 6.61 Å². The minimum atomic E-state index is -0.714. The Labute approximate surface area is 141 Å². The van der Waals surface area contributed by atoms with Gasteiger partial charge in [0, 0.05) is 17.0 Å². The summed E-state index contributed by atoms with van der Waals surface area (Å²) in [6, 6.07) is 6.34. The minimum Gasteiger partial charge on any atom is -0.461 e. The highest BCUT2D eigenvalue weighted by molar-refractivity contribution is 5.96. The van der Waals surface area contributed by atoms with Crippen molar-refractivity contribution in [1.82, 2.24) is 9.55 Å². The first kappa shape index (κ1) is 16.8. The number of rotatable bonds is 5. The van der Waals surface area contributed by atoms with E-state index in [1.807, 2.05) is 0 Å². The quantitative estimate of drug-likeness (QED) is 0.526. The van der Waals surface area contributed by atoms with Crippen LogP contribution in [0.3, 0.4) is 0 Å². The molecule has 3 rings (SSSR count). The zero-order valence-corrected chi connectivity index (χ0v) is 13.3. The standard InChI is InChI=1S/C18H14F2N2O3/c1-2-25-18(24)16-6-12-5-14(10-23)21-8-17(12)22(16)9-11-3-4-13(19)7-15(11)20/h3-8,10H,2,9H2,1H3. The molecule has 0 atom stereocenters. The van der Waals surface area contributed by atoms with E-state index in [0.29, 0.717) is 17.2 Å². The van der Waals surface area contributed by atoms with Crippen molar-refractivity contribution in [1.29, 1.82) is 0 Å². The van der Waals surface area contributed by atoms with E-state index in [0.717, 1.165) is 12.1 Å². The number of halogens is 2. The topological polar surface area (TPSA) is 61.2 Å². The lowest BCUT2D eigenvalue weighted by Crippen LogP contribution is -2.13. The third-order valence-electron chi connectivity index (χ3n) is 3.76. The van der Waals surface area contributed by atoms with Crippen LogP contribution in [-0.4, -0.2) is 28.4 Å². The lowest BCUT2D eigenvalue weighted by molar-refractivity contribution is 0.0515. The maximum absolute atomic E-state index is 14.0. The van der Waals surface area contributed by atoms with E-state index in [1.165, 1.54) is 22.9 Å². The Morgan fingerprint density at radius 1 is 1.28 bits per heavy atom. The molecule has 0 saturated heterocycles. The first-order chi connectivity index (χ1) is 12.0. The molecule has 0 aliphatic carbocycles. The Morgan fingerprint density at radius 2 is 2.08 bits per heavy atom. The highest BCUT2D eigenvalue weighted by Gasteiger charge is 2.18. The summed E-state index contributed by atoms with van der Waals surface area (Å²) >= 11 is 0. The molecule has 0 spiro atoms. The number of nitrogens with zero attached hydrogens (tertiary/aromatic N) is 2. The Bertz CT molecular complexity index is 966. The van der Waals surface area contributed by atoms with Crippen molar-refractivity contribution in [3.8, 4) is 0 Å². The molecule has 0 amide bonds. The molecule has 25 heavy (non-hydrogen) atoms. The summed E-state index contributed by atoms with van der Waals surface area (Å²) in [7, 11) is 0. The first-order valence-electron chi connectivity index (χ1n) is 7.59. The number of hydrogen-bond acceptors (Lipinski definition) is 4. The van der Waals surface area contributed by atoms with Crippen LogP contribution in [0.25, 0.3) is 10.9 Å². The molecule has 0 saturated carbocycles. The zero-order valence-electron chi connectivity index (χ0n) is 13.3. The summed E-state index contributed by atoms with van der Waals surface area (Å²) in [4.78, 5) is 27.1. The molecule has 1 aromatic carbocycles. The van der Waals surface area contributed by atoms with Crippen molar-refractivity contribution in [3.05, 3.63) is 65.1 Å². The van der Waals surface area contributed by atoms with Crippen LogP contribution in [0.2, 0.25) is 0 Å². The highest BCUT2D eigenvalue weighted by atomic mass is 19.1. The third-order valence-corrected chi connectivity index (χ3v) is 3.76. The number of aldehydes is 1. The fourth-order valence-electron chi connectivity index (χ4n) is 2.61. The molecule has 128 valence electrons. The van der Waals surface area contributed by atoms with E-state index >= 15 is 0 Å². The number of ether oxygens (including phenoxy) is 1. The van der Waals surface area contributed by atoms with E-state index in [-0.39, 0.29) is 30.1 Å². The van der Waals surface area contributed by atoms with Crippen LogP contribution in [0.4, 0.5) is 8.78 Å². The van der Waals surface area contributed by atoms with Gasteiger partial charge >= 0.3 is 5.97 Å². The van der Waals surface area contributed by atoms with Gasteiger partial charge in [-0.25, -0.2) is 13.6 Å². The van der Waals surface area contributed by atoms with Gasteiger partial charge in [0.1, 0.15) is 23.0 Å². The molecule has 0 radical (unpaired) electrons. The molecule has 7 heteroatoms. The maximum atomic E-state index is 14.0. The Hall–Kier alpha value is -3.09. The summed E-state index contributed by atoms with van der Waals surface area (Å²) < 4.78 is 33.7. The summed E-state index contributed by atoms with van der Waals surface area (Å²) in [6.07, 6.45) is 2.03. The number of esters is 1. The van der Waals surface area contributed by atoms with Crippen LogP contribution in [-0.2, 0) is 11.3 Å². The molecule has 5 nitrogen and oxygen atoms in total. The van der Waals surface area contributed by atoms with Gasteiger partial charge in [-0.1, -0.05) is 6.07 Å². The SMILES string of the molecule is CCOC(=O)c1cc2cc(C=O)ncc2n1Cc1ccc(F)cc1F. The Kier molecular flexibility index (Phi) is 4.56. The number of carbonyl (C=O) groups is 2. The molecule has 0 unspecified atom stereocenters. The predicted octanol–water partition coefficient (Wildman–Crippen LogP) is 3.35. The zero-order chi connectivity index (χ0) is 18.0. The average molecular weight is 344 g/mol. The molecule has 0 aliphatic rings. The van der Waals surface area contributed by atoms with Gasteiger partial charge in [-0.15, -0.1) is 0 Å². The van der Waals surface area contributed by atoms with Gasteiger partial charge in [0.2, 0.25) is 0 Å². The van der Waals surface area contributed by atoms with Crippen LogP contribution in [0.1, 0.15) is 33.5 Å². The number of pyridine rings is 1. The van der Waals surface area contributed by atoms with E-state index < -0.39 is 17.6 Å². The molecular weight excluding hydrogens is 330 g/mol. The normalized spacial score (nSPS) is 10.8. The summed E-state index contributed by atoms with van der Waals surface area (Å²) in [5, 5.41) is 0.600. The summed E-state index contributed by atoms with van der Waals surface area (Å²) in [5.41, 5.74) is 1.17. The predicted molar refractivity (Wildman–Crippen MR) is 86.5 cm³/mol. The van der Waals surface area contributed by atoms with E-state index in [9.17, 15) is 18.4 Å². The molecule has 0 bridgehead atoms. The van der Waals surface area contributed by atoms with Gasteiger partial charge in [-0.3, -0.25) is 9.78 Å². The molecular formula is C18H14F2N2O3. The lowest BCUT2D eigenvalue weighted by atomic mass is 10.2. The van der Waals surface area contributed by atoms with Gasteiger partial charge in [-0.05, 0) is 25.1 Å². The van der Waals surface area contributed by atoms with Crippen LogP contribution in [0.15, 0.2) is 36.5 Å². The second-order valence-corrected chi connectivity index (χ2v) is 5.36. The number of hydrogen-bond donors (Lipinski definition) is 0. The van der Waals surface area contributed by atoms with Gasteiger partial charge in [0.15, 0.2) is 6.29 Å². The van der Waals surface area contributed by atoms with Crippen LogP contribution < -0.4 is 0 Å². The lowest BCUT2D eigenvalue weighted by Gasteiger charge is -2.11. The smallest absolute Gasteiger partial charge is 0.354 e. The maximum Gasteiger partial charge on any atom is 0.354 e. The number of carbonyl (C=O) groups excluding carboxylic acids is 2. The molecule has 2 aromatic heterocycles. The van der Waals surface area contributed by atoms with Crippen molar-refractivity contribution in [2.45, 2.75) is 13.5 Å². The fourth-order valence-corrected chi connectivity index (χ4v) is 2.61. The van der Waals surface area contributed by atoms with E-state index in [1.54, 1.807) is 13.0 Å². The average Bonchev–Trinajstić information content (AvgIpc) is 2.95. The number of aromatic nitrogens is 2. The summed E-state index contributed by atoms with van der Waals surface area (Å²) in [5.74, 6) is -1.97. The number of benzene rings is 1. The molecule has 0 aliphatic heterocycles. The van der Waals surface area contributed by atoms with Gasteiger partial charge in [0.25, 0.3) is 0 Å². The second kappa shape index (κ2) is 6.80. The summed E-state index contributed by atoms with van der Waals surface area (Å²) in [6.45, 7) is 1.85. The Balaban J connectivity index is 2.14. The van der Waals surface area contributed by atoms with Gasteiger partial charge in [-0.2, -0.15) is 0 Å². The first-order valence-corrected chi connectivity index (χ1v) is 7.59. The van der Waals surface area contributed by atoms with Gasteiger partial charge < -0.3 is 9.30 Å². The molecule has 0 N–H and O–H groups in total. The van der Waals surface area contributed by atoms with Crippen LogP contribution in [0, 0.1) is 11.6 Å². The molecule has 0 fully saturated rings. The van der Waals surface area contributed by atoms with Gasteiger partial charge in [0.05, 0.1) is 24.9 Å². The van der Waals surface area contributed by atoms with Crippen LogP contribution in [0.5, 0.6) is 0 Å². The van der Waals surface area contributed by atoms with Crippen molar-refractivity contribution >= 4 is 23.2 Å². The van der Waals surface area contributed by atoms with E-state index in [2.05, 4.69) is 4.98 Å². The van der Waals surface area contributed by atoms with Crippen molar-refractivity contribution in [3.63, 3.8) is 0 Å². The monoisotopic (exact) mass is 344 g/mol. The minimum absolute atomic E-state index is 0.00806. The molecule has 2 heterocycles. The largest absolute Gasteiger partial charge is 0.461 e. The van der Waals surface area contributed by atoms with E-state index in [4.69, 9.17) is 4.74 Å². The van der Waals surface area contributed by atoms with Crippen LogP contribution >= 0.6 is 0 Å².